The van der Waals surface area contributed by atoms with Gasteiger partial charge in [-0.3, -0.25) is 9.69 Å². The highest BCUT2D eigenvalue weighted by molar-refractivity contribution is 5.87. The molecule has 3 aromatic rings. The van der Waals surface area contributed by atoms with Gasteiger partial charge in [0.1, 0.15) is 30.0 Å². The van der Waals surface area contributed by atoms with E-state index < -0.39 is 60.3 Å². The highest BCUT2D eigenvalue weighted by atomic mass is 19.4. The van der Waals surface area contributed by atoms with Crippen LogP contribution in [0.3, 0.4) is 0 Å². The van der Waals surface area contributed by atoms with Crippen LogP contribution in [0.5, 0.6) is 5.75 Å². The largest absolute Gasteiger partial charge is 0.488 e. The van der Waals surface area contributed by atoms with Gasteiger partial charge in [-0.2, -0.15) is 26.3 Å². The van der Waals surface area contributed by atoms with Crippen molar-refractivity contribution in [1.82, 2.24) is 9.88 Å². The van der Waals surface area contributed by atoms with Crippen molar-refractivity contribution in [1.29, 1.82) is 0 Å². The number of anilines is 1. The number of hydrogen-bond acceptors (Lipinski definition) is 5. The number of benzene rings is 2. The van der Waals surface area contributed by atoms with E-state index in [-0.39, 0.29) is 55.7 Å². The quantitative estimate of drug-likeness (QED) is 0.262. The Hall–Kier alpha value is -3.74. The molecule has 0 amide bonds. The van der Waals surface area contributed by atoms with Gasteiger partial charge < -0.3 is 9.64 Å². The highest BCUT2D eigenvalue weighted by Crippen LogP contribution is 2.47. The van der Waals surface area contributed by atoms with Gasteiger partial charge in [0, 0.05) is 37.0 Å². The van der Waals surface area contributed by atoms with Gasteiger partial charge in [-0.05, 0) is 41.8 Å². The van der Waals surface area contributed by atoms with E-state index in [1.807, 2.05) is 0 Å². The number of fused-ring (bicyclic) bond motifs is 1. The minimum Gasteiger partial charge on any atom is -0.488 e. The molecule has 3 aliphatic rings. The number of ether oxygens (including phenoxy) is 1. The first-order chi connectivity index (χ1) is 20.7. The van der Waals surface area contributed by atoms with Crippen LogP contribution in [0, 0.1) is 5.92 Å². The van der Waals surface area contributed by atoms with Gasteiger partial charge >= 0.3 is 12.4 Å². The van der Waals surface area contributed by atoms with Gasteiger partial charge in [0.15, 0.2) is 0 Å². The monoisotopic (exact) mass is 625 g/mol. The van der Waals surface area contributed by atoms with Crippen molar-refractivity contribution in [3.63, 3.8) is 0 Å². The fraction of sp³-hybridized carbons (Fsp3) is 0.419. The molecule has 2 aliphatic heterocycles. The molecule has 2 aromatic carbocycles. The van der Waals surface area contributed by atoms with E-state index >= 15 is 0 Å². The highest BCUT2D eigenvalue weighted by Gasteiger charge is 2.60. The summed E-state index contributed by atoms with van der Waals surface area (Å²) in [5.41, 5.74) is 0.433. The van der Waals surface area contributed by atoms with Crippen LogP contribution < -0.4 is 9.64 Å². The molecule has 44 heavy (non-hydrogen) atoms. The lowest BCUT2D eigenvalue weighted by Crippen LogP contribution is -2.49. The normalized spacial score (nSPS) is 22.3. The van der Waals surface area contributed by atoms with Gasteiger partial charge in [0.05, 0.1) is 24.2 Å². The Bertz CT molecular complexity index is 1530. The fourth-order valence-corrected chi connectivity index (χ4v) is 6.43. The van der Waals surface area contributed by atoms with E-state index in [0.29, 0.717) is 5.56 Å². The van der Waals surface area contributed by atoms with Crippen molar-refractivity contribution in [2.45, 2.75) is 49.7 Å². The lowest BCUT2D eigenvalue weighted by molar-refractivity contribution is -0.155. The van der Waals surface area contributed by atoms with Gasteiger partial charge in [-0.15, -0.1) is 0 Å². The first-order valence-electron chi connectivity index (χ1n) is 14.1. The maximum Gasteiger partial charge on any atom is 0.419 e. The molecule has 0 radical (unpaired) electrons. The lowest BCUT2D eigenvalue weighted by Gasteiger charge is -2.39. The zero-order valence-electron chi connectivity index (χ0n) is 23.1. The molecule has 234 valence electrons. The Morgan fingerprint density at radius 2 is 1.64 bits per heavy atom. The molecule has 13 heteroatoms. The zero-order chi connectivity index (χ0) is 31.4. The molecule has 0 spiro atoms. The number of alkyl halides is 8. The molecule has 3 fully saturated rings. The SMILES string of the molecule is O=C1CC(F)(F)C2C1CCN2c1cccc(-c2cccc(C(F)(F)F)c2OCc2ccc(C3CN(CC(F)(F)F)C3)cc2)n1. The van der Waals surface area contributed by atoms with Crippen molar-refractivity contribution in [3.05, 3.63) is 77.4 Å². The van der Waals surface area contributed by atoms with Crippen LogP contribution >= 0.6 is 0 Å². The number of ketones is 1. The van der Waals surface area contributed by atoms with E-state index in [4.69, 9.17) is 4.74 Å². The van der Waals surface area contributed by atoms with Gasteiger partial charge in [0.25, 0.3) is 5.92 Å². The Kier molecular flexibility index (Phi) is 7.58. The predicted octanol–water partition coefficient (Wildman–Crippen LogP) is 7.11. The number of nitrogens with zero attached hydrogens (tertiary/aromatic N) is 3. The molecule has 2 saturated heterocycles. The molecule has 1 aliphatic carbocycles. The third-order valence-corrected chi connectivity index (χ3v) is 8.47. The van der Waals surface area contributed by atoms with Crippen LogP contribution in [-0.2, 0) is 17.6 Å². The standard InChI is InChI=1S/C31H27F8N3O2/c32-29(33)13-25(43)22-11-12-42(28(22)29)26-6-2-5-24(40-26)21-3-1-4-23(31(37,38)39)27(21)44-16-18-7-9-19(10-8-18)20-14-41(15-20)17-30(34,35)36/h1-10,20,22,28H,11-17H2. The van der Waals surface area contributed by atoms with Crippen LogP contribution in [0.25, 0.3) is 11.3 Å². The summed E-state index contributed by atoms with van der Waals surface area (Å²) in [6.45, 7) is -0.530. The molecule has 2 atom stereocenters. The first-order valence-corrected chi connectivity index (χ1v) is 14.1. The van der Waals surface area contributed by atoms with E-state index in [2.05, 4.69) is 4.98 Å². The van der Waals surface area contributed by atoms with Crippen LogP contribution in [0.1, 0.15) is 35.4 Å². The Morgan fingerprint density at radius 3 is 2.32 bits per heavy atom. The van der Waals surface area contributed by atoms with Gasteiger partial charge in [0.2, 0.25) is 0 Å². The summed E-state index contributed by atoms with van der Waals surface area (Å²) in [5, 5.41) is 0. The predicted molar refractivity (Wildman–Crippen MR) is 144 cm³/mol. The van der Waals surface area contributed by atoms with Crippen LogP contribution in [0.15, 0.2) is 60.7 Å². The summed E-state index contributed by atoms with van der Waals surface area (Å²) in [7, 11) is 0. The summed E-state index contributed by atoms with van der Waals surface area (Å²) in [4.78, 5) is 19.2. The number of carbonyl (C=O) groups excluding carboxylic acids is 1. The number of likely N-dealkylation sites (tertiary alicyclic amines) is 1. The third kappa shape index (κ3) is 5.98. The summed E-state index contributed by atoms with van der Waals surface area (Å²) >= 11 is 0. The van der Waals surface area contributed by atoms with Crippen LogP contribution in [-0.4, -0.2) is 60.0 Å². The van der Waals surface area contributed by atoms with Gasteiger partial charge in [-0.25, -0.2) is 13.8 Å². The second kappa shape index (κ2) is 11.0. The second-order valence-electron chi connectivity index (χ2n) is 11.5. The molecular weight excluding hydrogens is 598 g/mol. The number of para-hydroxylation sites is 1. The van der Waals surface area contributed by atoms with E-state index in [1.54, 1.807) is 24.3 Å². The van der Waals surface area contributed by atoms with Crippen molar-refractivity contribution < 1.29 is 44.7 Å². The molecule has 1 aromatic heterocycles. The van der Waals surface area contributed by atoms with E-state index in [0.717, 1.165) is 11.6 Å². The molecule has 0 N–H and O–H groups in total. The molecule has 3 heterocycles. The number of hydrogen-bond donors (Lipinski definition) is 0. The van der Waals surface area contributed by atoms with Gasteiger partial charge in [-0.1, -0.05) is 36.4 Å². The van der Waals surface area contributed by atoms with E-state index in [9.17, 15) is 39.9 Å². The zero-order valence-corrected chi connectivity index (χ0v) is 23.1. The molecular formula is C31H27F8N3O2. The summed E-state index contributed by atoms with van der Waals surface area (Å²) < 4.78 is 115. The number of pyridine rings is 1. The third-order valence-electron chi connectivity index (χ3n) is 8.47. The number of aromatic nitrogens is 1. The Labute approximate surface area is 247 Å². The minimum absolute atomic E-state index is 0.0162. The van der Waals surface area contributed by atoms with Crippen LogP contribution in [0.4, 0.5) is 40.9 Å². The molecule has 0 bridgehead atoms. The second-order valence-corrected chi connectivity index (χ2v) is 11.5. The van der Waals surface area contributed by atoms with Crippen molar-refractivity contribution in [2.75, 3.05) is 31.1 Å². The van der Waals surface area contributed by atoms with Crippen molar-refractivity contribution in [3.8, 4) is 17.0 Å². The van der Waals surface area contributed by atoms with Crippen LogP contribution in [0.2, 0.25) is 0 Å². The van der Waals surface area contributed by atoms with Crippen molar-refractivity contribution >= 4 is 11.6 Å². The summed E-state index contributed by atoms with van der Waals surface area (Å²) in [5.74, 6) is -4.98. The summed E-state index contributed by atoms with van der Waals surface area (Å²) in [6, 6.07) is 13.4. The maximum absolute atomic E-state index is 14.7. The number of carbonyl (C=O) groups is 1. The number of rotatable bonds is 7. The number of Topliss-reactive ketones (excluding diaryl/α,β-unsaturated/α-hetero) is 1. The lowest BCUT2D eigenvalue weighted by atomic mass is 9.91. The summed E-state index contributed by atoms with van der Waals surface area (Å²) in [6.07, 6.45) is -9.64. The fourth-order valence-electron chi connectivity index (χ4n) is 6.43. The Morgan fingerprint density at radius 1 is 0.932 bits per heavy atom. The average Bonchev–Trinajstić information content (AvgIpc) is 3.48. The minimum atomic E-state index is -4.77. The topological polar surface area (TPSA) is 45.7 Å². The number of halogens is 8. The molecule has 1 saturated carbocycles. The molecule has 2 unspecified atom stereocenters. The average molecular weight is 626 g/mol. The first kappa shape index (κ1) is 30.3. The van der Waals surface area contributed by atoms with Crippen molar-refractivity contribution in [2.24, 2.45) is 5.92 Å². The molecule has 5 nitrogen and oxygen atoms in total. The molecule has 6 rings (SSSR count). The Balaban J connectivity index is 1.22. The maximum atomic E-state index is 14.7. The van der Waals surface area contributed by atoms with E-state index in [1.165, 1.54) is 40.1 Å². The smallest absolute Gasteiger partial charge is 0.419 e.